The molecule has 1 aromatic carbocycles. The van der Waals surface area contributed by atoms with Crippen LogP contribution in [0.4, 0.5) is 0 Å². The molecule has 0 saturated heterocycles. The number of imidazole rings is 1. The summed E-state index contributed by atoms with van der Waals surface area (Å²) in [5.41, 5.74) is 1.76. The van der Waals surface area contributed by atoms with Crippen molar-refractivity contribution in [3.8, 4) is 0 Å². The zero-order chi connectivity index (χ0) is 20.7. The fourth-order valence-electron chi connectivity index (χ4n) is 2.88. The highest BCUT2D eigenvalue weighted by molar-refractivity contribution is 5.97. The van der Waals surface area contributed by atoms with Crippen LogP contribution in [0.1, 0.15) is 57.0 Å². The fraction of sp³-hybridized carbons (Fsp3) is 0.500. The first-order valence-corrected chi connectivity index (χ1v) is 9.83. The van der Waals surface area contributed by atoms with Gasteiger partial charge in [0.2, 0.25) is 5.91 Å². The van der Waals surface area contributed by atoms with E-state index in [0.717, 1.165) is 13.0 Å². The lowest BCUT2D eigenvalue weighted by molar-refractivity contribution is -0.123. The summed E-state index contributed by atoms with van der Waals surface area (Å²) in [7, 11) is 0. The van der Waals surface area contributed by atoms with E-state index in [1.165, 1.54) is 5.56 Å². The van der Waals surface area contributed by atoms with Gasteiger partial charge in [0.1, 0.15) is 6.04 Å². The molecule has 0 aliphatic carbocycles. The predicted octanol–water partition coefficient (Wildman–Crippen LogP) is 3.14. The average molecular weight is 385 g/mol. The summed E-state index contributed by atoms with van der Waals surface area (Å²) in [6.07, 6.45) is 6.18. The topological polar surface area (TPSA) is 76.0 Å². The van der Waals surface area contributed by atoms with E-state index in [-0.39, 0.29) is 23.1 Å². The Hall–Kier alpha value is -2.63. The van der Waals surface area contributed by atoms with E-state index in [9.17, 15) is 9.59 Å². The molecule has 0 saturated carbocycles. The Balaban J connectivity index is 1.89. The highest BCUT2D eigenvalue weighted by atomic mass is 16.2. The highest BCUT2D eigenvalue weighted by Gasteiger charge is 2.24. The molecule has 1 atom stereocenters. The maximum absolute atomic E-state index is 12.6. The number of aromatic nitrogens is 2. The van der Waals surface area contributed by atoms with Crippen molar-refractivity contribution in [1.82, 2.24) is 20.2 Å². The Morgan fingerprint density at radius 2 is 1.82 bits per heavy atom. The summed E-state index contributed by atoms with van der Waals surface area (Å²) < 4.78 is 1.97. The average Bonchev–Trinajstić information content (AvgIpc) is 3.15. The largest absolute Gasteiger partial charge is 0.354 e. The Bertz CT molecular complexity index is 759. The summed E-state index contributed by atoms with van der Waals surface area (Å²) in [6, 6.07) is 7.00. The number of carbonyl (C=O) groups is 2. The maximum Gasteiger partial charge on any atom is 0.251 e. The molecule has 1 unspecified atom stereocenters. The van der Waals surface area contributed by atoms with Crippen LogP contribution >= 0.6 is 0 Å². The summed E-state index contributed by atoms with van der Waals surface area (Å²) in [6.45, 7) is 11.6. The van der Waals surface area contributed by atoms with Crippen molar-refractivity contribution in [3.63, 3.8) is 0 Å². The van der Waals surface area contributed by atoms with Gasteiger partial charge in [-0.1, -0.05) is 46.8 Å². The predicted molar refractivity (Wildman–Crippen MR) is 111 cm³/mol. The number of nitrogens with zero attached hydrogens (tertiary/aromatic N) is 2. The number of aryl methyl sites for hydroxylation is 1. The number of nitrogens with one attached hydrogen (secondary N) is 2. The van der Waals surface area contributed by atoms with Crippen LogP contribution < -0.4 is 10.6 Å². The SMILES string of the molecule is CC(C)C(NC(=O)c1ccc(C(C)(C)C)cc1)C(=O)NCCCn1ccnc1. The van der Waals surface area contributed by atoms with Crippen LogP contribution in [-0.2, 0) is 16.8 Å². The second-order valence-electron chi connectivity index (χ2n) is 8.47. The van der Waals surface area contributed by atoms with Crippen molar-refractivity contribution in [3.05, 3.63) is 54.1 Å². The van der Waals surface area contributed by atoms with Gasteiger partial charge in [-0.25, -0.2) is 4.98 Å². The minimum absolute atomic E-state index is 0.00792. The van der Waals surface area contributed by atoms with Crippen LogP contribution in [0.5, 0.6) is 0 Å². The van der Waals surface area contributed by atoms with Gasteiger partial charge < -0.3 is 15.2 Å². The molecule has 1 aromatic heterocycles. The molecule has 2 aromatic rings. The van der Waals surface area contributed by atoms with Crippen molar-refractivity contribution in [1.29, 1.82) is 0 Å². The molecule has 2 rings (SSSR count). The first-order valence-electron chi connectivity index (χ1n) is 9.83. The number of benzene rings is 1. The quantitative estimate of drug-likeness (QED) is 0.687. The summed E-state index contributed by atoms with van der Waals surface area (Å²) in [4.78, 5) is 29.2. The molecular weight excluding hydrogens is 352 g/mol. The maximum atomic E-state index is 12.6. The van der Waals surface area contributed by atoms with Crippen LogP contribution in [0.15, 0.2) is 43.0 Å². The van der Waals surface area contributed by atoms with Crippen LogP contribution in [0.3, 0.4) is 0 Å². The lowest BCUT2D eigenvalue weighted by Gasteiger charge is -2.22. The van der Waals surface area contributed by atoms with Crippen molar-refractivity contribution in [2.45, 2.75) is 59.0 Å². The monoisotopic (exact) mass is 384 g/mol. The molecular formula is C22H32N4O2. The molecule has 6 heteroatoms. The van der Waals surface area contributed by atoms with Gasteiger partial charge in [-0.05, 0) is 35.4 Å². The van der Waals surface area contributed by atoms with Crippen molar-refractivity contribution in [2.75, 3.05) is 6.54 Å². The van der Waals surface area contributed by atoms with Crippen LogP contribution in [-0.4, -0.2) is 34.0 Å². The fourth-order valence-corrected chi connectivity index (χ4v) is 2.88. The Kier molecular flexibility index (Phi) is 7.38. The molecule has 6 nitrogen and oxygen atoms in total. The van der Waals surface area contributed by atoms with E-state index in [1.54, 1.807) is 12.5 Å². The lowest BCUT2D eigenvalue weighted by Crippen LogP contribution is -2.50. The standard InChI is InChI=1S/C22H32N4O2/c1-16(2)19(21(28)24-11-6-13-26-14-12-23-15-26)25-20(27)17-7-9-18(10-8-17)22(3,4)5/h7-10,12,14-16,19H,6,11,13H2,1-5H3,(H,24,28)(H,25,27). The summed E-state index contributed by atoms with van der Waals surface area (Å²) >= 11 is 0. The molecule has 0 aliphatic rings. The van der Waals surface area contributed by atoms with E-state index in [2.05, 4.69) is 36.4 Å². The van der Waals surface area contributed by atoms with Crippen LogP contribution in [0, 0.1) is 5.92 Å². The van der Waals surface area contributed by atoms with Crippen LogP contribution in [0.25, 0.3) is 0 Å². The third kappa shape index (κ3) is 6.22. The molecule has 0 aliphatic heterocycles. The third-order valence-electron chi connectivity index (χ3n) is 4.70. The second-order valence-corrected chi connectivity index (χ2v) is 8.47. The molecule has 1 heterocycles. The molecule has 0 radical (unpaired) electrons. The van der Waals surface area contributed by atoms with E-state index in [4.69, 9.17) is 0 Å². The first-order chi connectivity index (χ1) is 13.2. The zero-order valence-electron chi connectivity index (χ0n) is 17.5. The molecule has 152 valence electrons. The van der Waals surface area contributed by atoms with Crippen LogP contribution in [0.2, 0.25) is 0 Å². The van der Waals surface area contributed by atoms with Crippen molar-refractivity contribution >= 4 is 11.8 Å². The summed E-state index contributed by atoms with van der Waals surface area (Å²) in [5, 5.41) is 5.80. The zero-order valence-corrected chi connectivity index (χ0v) is 17.5. The third-order valence-corrected chi connectivity index (χ3v) is 4.70. The Morgan fingerprint density at radius 3 is 2.36 bits per heavy atom. The van der Waals surface area contributed by atoms with Gasteiger partial charge in [-0.15, -0.1) is 0 Å². The van der Waals surface area contributed by atoms with Gasteiger partial charge in [0.05, 0.1) is 6.33 Å². The number of rotatable bonds is 8. The van der Waals surface area contributed by atoms with E-state index < -0.39 is 6.04 Å². The molecule has 0 spiro atoms. The number of amides is 2. The molecule has 2 N–H and O–H groups in total. The number of carbonyl (C=O) groups excluding carboxylic acids is 2. The van der Waals surface area contributed by atoms with Crippen molar-refractivity contribution in [2.24, 2.45) is 5.92 Å². The van der Waals surface area contributed by atoms with E-state index in [1.807, 2.05) is 48.9 Å². The highest BCUT2D eigenvalue weighted by Crippen LogP contribution is 2.22. The molecule has 2 amide bonds. The van der Waals surface area contributed by atoms with E-state index in [0.29, 0.717) is 12.1 Å². The summed E-state index contributed by atoms with van der Waals surface area (Å²) in [5.74, 6) is -0.389. The number of hydrogen-bond donors (Lipinski definition) is 2. The van der Waals surface area contributed by atoms with Gasteiger partial charge in [0.25, 0.3) is 5.91 Å². The first kappa shape index (κ1) is 21.7. The van der Waals surface area contributed by atoms with Gasteiger partial charge in [0.15, 0.2) is 0 Å². The minimum Gasteiger partial charge on any atom is -0.354 e. The van der Waals surface area contributed by atoms with Crippen molar-refractivity contribution < 1.29 is 9.59 Å². The Labute approximate surface area is 167 Å². The van der Waals surface area contributed by atoms with Gasteiger partial charge in [0, 0.05) is 31.0 Å². The molecule has 0 fully saturated rings. The lowest BCUT2D eigenvalue weighted by atomic mass is 9.86. The Morgan fingerprint density at radius 1 is 1.14 bits per heavy atom. The smallest absolute Gasteiger partial charge is 0.251 e. The van der Waals surface area contributed by atoms with Gasteiger partial charge >= 0.3 is 0 Å². The molecule has 28 heavy (non-hydrogen) atoms. The normalized spacial score (nSPS) is 12.6. The van der Waals surface area contributed by atoms with Gasteiger partial charge in [-0.2, -0.15) is 0 Å². The minimum atomic E-state index is -0.567. The van der Waals surface area contributed by atoms with Gasteiger partial charge in [-0.3, -0.25) is 9.59 Å². The second kappa shape index (κ2) is 9.53. The van der Waals surface area contributed by atoms with E-state index >= 15 is 0 Å². The molecule has 0 bridgehead atoms. The number of hydrogen-bond acceptors (Lipinski definition) is 3.